The SMILES string of the molecule is CCCc1nnc(N2CCC3(CC2)CN(C)CCCN3C)o1. The molecule has 0 atom stereocenters. The maximum absolute atomic E-state index is 5.79. The number of piperidine rings is 1. The van der Waals surface area contributed by atoms with Crippen LogP contribution in [0.2, 0.25) is 0 Å². The molecule has 0 N–H and O–H groups in total. The van der Waals surface area contributed by atoms with Crippen molar-refractivity contribution in [3.8, 4) is 0 Å². The zero-order valence-electron chi connectivity index (χ0n) is 14.2. The van der Waals surface area contributed by atoms with Crippen LogP contribution in [-0.2, 0) is 6.42 Å². The normalized spacial score (nSPS) is 23.9. The summed E-state index contributed by atoms with van der Waals surface area (Å²) >= 11 is 0. The Morgan fingerprint density at radius 2 is 1.86 bits per heavy atom. The van der Waals surface area contributed by atoms with Crippen molar-refractivity contribution >= 4 is 6.01 Å². The van der Waals surface area contributed by atoms with Gasteiger partial charge >= 0.3 is 6.01 Å². The van der Waals surface area contributed by atoms with E-state index in [1.165, 1.54) is 38.9 Å². The van der Waals surface area contributed by atoms with E-state index in [1.807, 2.05) is 0 Å². The smallest absolute Gasteiger partial charge is 0.318 e. The van der Waals surface area contributed by atoms with Crippen LogP contribution in [0.15, 0.2) is 4.42 Å². The highest BCUT2D eigenvalue weighted by Gasteiger charge is 2.40. The number of aromatic nitrogens is 2. The van der Waals surface area contributed by atoms with Crippen molar-refractivity contribution in [2.75, 3.05) is 51.7 Å². The number of hydrogen-bond acceptors (Lipinski definition) is 6. The summed E-state index contributed by atoms with van der Waals surface area (Å²) in [5, 5.41) is 8.38. The van der Waals surface area contributed by atoms with Gasteiger partial charge in [-0.1, -0.05) is 12.0 Å². The maximum Gasteiger partial charge on any atom is 0.318 e. The van der Waals surface area contributed by atoms with Crippen LogP contribution in [0.4, 0.5) is 6.01 Å². The van der Waals surface area contributed by atoms with E-state index in [9.17, 15) is 0 Å². The molecule has 0 bridgehead atoms. The third kappa shape index (κ3) is 3.13. The van der Waals surface area contributed by atoms with Gasteiger partial charge in [0.05, 0.1) is 0 Å². The van der Waals surface area contributed by atoms with E-state index in [0.29, 0.717) is 11.6 Å². The highest BCUT2D eigenvalue weighted by Crippen LogP contribution is 2.32. The van der Waals surface area contributed by atoms with Gasteiger partial charge < -0.3 is 14.2 Å². The topological polar surface area (TPSA) is 48.6 Å². The van der Waals surface area contributed by atoms with Crippen LogP contribution in [0.1, 0.15) is 38.5 Å². The number of rotatable bonds is 3. The van der Waals surface area contributed by atoms with Crippen LogP contribution in [0, 0.1) is 0 Å². The van der Waals surface area contributed by atoms with Gasteiger partial charge in [0.2, 0.25) is 5.89 Å². The first-order valence-electron chi connectivity index (χ1n) is 8.60. The Bertz CT molecular complexity index is 481. The largest absolute Gasteiger partial charge is 0.408 e. The summed E-state index contributed by atoms with van der Waals surface area (Å²) in [4.78, 5) is 7.34. The quantitative estimate of drug-likeness (QED) is 0.846. The van der Waals surface area contributed by atoms with Gasteiger partial charge in [-0.05, 0) is 52.9 Å². The standard InChI is InChI=1S/C16H29N5O/c1-4-6-14-17-18-15(22-14)21-11-7-16(8-12-21)13-19(2)9-5-10-20(16)3/h4-13H2,1-3H3. The van der Waals surface area contributed by atoms with Crippen LogP contribution >= 0.6 is 0 Å². The molecule has 0 radical (unpaired) electrons. The molecule has 6 heteroatoms. The lowest BCUT2D eigenvalue weighted by Crippen LogP contribution is -2.58. The van der Waals surface area contributed by atoms with Crippen molar-refractivity contribution < 1.29 is 4.42 Å². The van der Waals surface area contributed by atoms with Gasteiger partial charge in [-0.25, -0.2) is 0 Å². The van der Waals surface area contributed by atoms with E-state index < -0.39 is 0 Å². The average molecular weight is 307 g/mol. The molecule has 22 heavy (non-hydrogen) atoms. The van der Waals surface area contributed by atoms with Crippen molar-refractivity contribution in [3.05, 3.63) is 5.89 Å². The molecule has 3 heterocycles. The lowest BCUT2D eigenvalue weighted by Gasteiger charge is -2.47. The monoisotopic (exact) mass is 307 g/mol. The van der Waals surface area contributed by atoms with Gasteiger partial charge in [0.25, 0.3) is 0 Å². The molecule has 124 valence electrons. The van der Waals surface area contributed by atoms with Gasteiger partial charge in [0.1, 0.15) is 0 Å². The summed E-state index contributed by atoms with van der Waals surface area (Å²) in [5.74, 6) is 0.768. The molecular formula is C16H29N5O. The van der Waals surface area contributed by atoms with E-state index in [4.69, 9.17) is 4.42 Å². The Balaban J connectivity index is 1.65. The molecule has 6 nitrogen and oxygen atoms in total. The molecule has 2 aliphatic rings. The molecule has 0 saturated carbocycles. The lowest BCUT2D eigenvalue weighted by molar-refractivity contribution is 0.0776. The van der Waals surface area contributed by atoms with Crippen molar-refractivity contribution in [1.29, 1.82) is 0 Å². The zero-order valence-corrected chi connectivity index (χ0v) is 14.2. The van der Waals surface area contributed by atoms with E-state index >= 15 is 0 Å². The second kappa shape index (κ2) is 6.54. The molecule has 2 saturated heterocycles. The second-order valence-corrected chi connectivity index (χ2v) is 6.95. The average Bonchev–Trinajstić information content (AvgIpc) is 2.91. The first-order valence-corrected chi connectivity index (χ1v) is 8.60. The third-order valence-corrected chi connectivity index (χ3v) is 5.29. The van der Waals surface area contributed by atoms with Crippen LogP contribution < -0.4 is 4.90 Å². The van der Waals surface area contributed by atoms with Crippen molar-refractivity contribution in [1.82, 2.24) is 20.0 Å². The fourth-order valence-electron chi connectivity index (χ4n) is 3.86. The summed E-state index contributed by atoms with van der Waals surface area (Å²) in [6, 6.07) is 0.711. The maximum atomic E-state index is 5.79. The number of hydrogen-bond donors (Lipinski definition) is 0. The Labute approximate surface area is 133 Å². The molecule has 1 aromatic heterocycles. The van der Waals surface area contributed by atoms with Crippen molar-refractivity contribution in [3.63, 3.8) is 0 Å². The summed E-state index contributed by atoms with van der Waals surface area (Å²) in [7, 11) is 4.54. The predicted molar refractivity (Wildman–Crippen MR) is 87.2 cm³/mol. The zero-order chi connectivity index (χ0) is 15.6. The van der Waals surface area contributed by atoms with Gasteiger partial charge in [0.15, 0.2) is 0 Å². The van der Waals surface area contributed by atoms with Gasteiger partial charge in [-0.15, -0.1) is 5.10 Å². The van der Waals surface area contributed by atoms with E-state index in [0.717, 1.165) is 31.8 Å². The molecule has 0 amide bonds. The summed E-state index contributed by atoms with van der Waals surface area (Å²) in [6.45, 7) is 7.72. The van der Waals surface area contributed by atoms with Crippen molar-refractivity contribution in [2.45, 2.75) is 44.6 Å². The van der Waals surface area contributed by atoms with Crippen LogP contribution in [0.3, 0.4) is 0 Å². The molecule has 0 aliphatic carbocycles. The molecule has 0 unspecified atom stereocenters. The van der Waals surface area contributed by atoms with E-state index in [-0.39, 0.29) is 0 Å². The lowest BCUT2D eigenvalue weighted by atomic mass is 9.85. The Morgan fingerprint density at radius 1 is 1.09 bits per heavy atom. The van der Waals surface area contributed by atoms with Gasteiger partial charge in [0, 0.05) is 31.6 Å². The Kier molecular flexibility index (Phi) is 4.68. The van der Waals surface area contributed by atoms with Gasteiger partial charge in [-0.3, -0.25) is 4.90 Å². The fraction of sp³-hybridized carbons (Fsp3) is 0.875. The first kappa shape index (κ1) is 15.7. The first-order chi connectivity index (χ1) is 10.6. The minimum absolute atomic E-state index is 0.314. The van der Waals surface area contributed by atoms with Gasteiger partial charge in [-0.2, -0.15) is 0 Å². The van der Waals surface area contributed by atoms with Crippen molar-refractivity contribution in [2.24, 2.45) is 0 Å². The number of aryl methyl sites for hydroxylation is 1. The van der Waals surface area contributed by atoms with Crippen LogP contribution in [0.5, 0.6) is 0 Å². The van der Waals surface area contributed by atoms with Crippen LogP contribution in [0.25, 0.3) is 0 Å². The summed E-state index contributed by atoms with van der Waals surface area (Å²) < 4.78 is 5.79. The molecule has 2 fully saturated rings. The number of nitrogens with zero attached hydrogens (tertiary/aromatic N) is 5. The number of likely N-dealkylation sites (N-methyl/N-ethyl adjacent to an activating group) is 2. The Hall–Kier alpha value is -1.14. The molecule has 2 aliphatic heterocycles. The molecule has 1 aromatic rings. The third-order valence-electron chi connectivity index (χ3n) is 5.29. The highest BCUT2D eigenvalue weighted by molar-refractivity contribution is 5.26. The Morgan fingerprint density at radius 3 is 2.59 bits per heavy atom. The van der Waals surface area contributed by atoms with E-state index in [2.05, 4.69) is 45.9 Å². The minimum Gasteiger partial charge on any atom is -0.408 e. The molecular weight excluding hydrogens is 278 g/mol. The van der Waals surface area contributed by atoms with Crippen LogP contribution in [-0.4, -0.2) is 72.4 Å². The second-order valence-electron chi connectivity index (χ2n) is 6.95. The molecule has 0 aromatic carbocycles. The number of anilines is 1. The summed E-state index contributed by atoms with van der Waals surface area (Å²) in [6.07, 6.45) is 5.52. The molecule has 3 rings (SSSR count). The summed E-state index contributed by atoms with van der Waals surface area (Å²) in [5.41, 5.74) is 0.314. The predicted octanol–water partition coefficient (Wildman–Crippen LogP) is 1.63. The fourth-order valence-corrected chi connectivity index (χ4v) is 3.86. The van der Waals surface area contributed by atoms with E-state index in [1.54, 1.807) is 0 Å². The minimum atomic E-state index is 0.314. The highest BCUT2D eigenvalue weighted by atomic mass is 16.4. The molecule has 1 spiro atoms.